The van der Waals surface area contributed by atoms with Gasteiger partial charge in [0.05, 0.1) is 26.0 Å². The first-order chi connectivity index (χ1) is 9.38. The maximum Gasteiger partial charge on any atom is 0.354 e. The van der Waals surface area contributed by atoms with Crippen LogP contribution in [0, 0.1) is 5.82 Å². The summed E-state index contributed by atoms with van der Waals surface area (Å²) < 4.78 is 23.0. The lowest BCUT2D eigenvalue weighted by molar-refractivity contribution is -0.138. The van der Waals surface area contributed by atoms with E-state index >= 15 is 0 Å². The van der Waals surface area contributed by atoms with Crippen LogP contribution >= 0.6 is 27.5 Å². The number of carbonyl (C=O) groups excluding carboxylic acids is 2. The highest BCUT2D eigenvalue weighted by molar-refractivity contribution is 9.10. The van der Waals surface area contributed by atoms with Gasteiger partial charge in [-0.3, -0.25) is 0 Å². The largest absolute Gasteiger partial charge is 0.466 e. The number of hydrogen-bond acceptors (Lipinski definition) is 5. The fourth-order valence-corrected chi connectivity index (χ4v) is 2.10. The Hall–Kier alpha value is -1.60. The summed E-state index contributed by atoms with van der Waals surface area (Å²) in [5.74, 6) is -2.34. The van der Waals surface area contributed by atoms with E-state index in [9.17, 15) is 14.0 Å². The maximum absolute atomic E-state index is 13.8. The molecule has 20 heavy (non-hydrogen) atoms. The van der Waals surface area contributed by atoms with E-state index in [1.807, 2.05) is 0 Å². The molecule has 0 atom stereocenters. The van der Waals surface area contributed by atoms with E-state index in [2.05, 4.69) is 30.7 Å². The minimum atomic E-state index is -0.850. The number of hydrogen-bond donors (Lipinski definition) is 1. The number of anilines is 1. The lowest BCUT2D eigenvalue weighted by atomic mass is 10.2. The van der Waals surface area contributed by atoms with Crippen molar-refractivity contribution in [1.29, 1.82) is 0 Å². The summed E-state index contributed by atoms with van der Waals surface area (Å²) >= 11 is 8.78. The quantitative estimate of drug-likeness (QED) is 0.656. The summed E-state index contributed by atoms with van der Waals surface area (Å²) in [4.78, 5) is 22.7. The lowest BCUT2D eigenvalue weighted by Gasteiger charge is -2.12. The van der Waals surface area contributed by atoms with Crippen molar-refractivity contribution in [1.82, 2.24) is 0 Å². The molecule has 0 saturated carbocycles. The molecule has 0 spiro atoms. The van der Waals surface area contributed by atoms with Crippen LogP contribution in [0.2, 0.25) is 5.02 Å². The number of methoxy groups -OCH3 is 2. The molecule has 108 valence electrons. The zero-order valence-electron chi connectivity index (χ0n) is 10.5. The molecule has 1 N–H and O–H groups in total. The second-order valence-corrected chi connectivity index (χ2v) is 4.73. The number of nitrogens with one attached hydrogen (secondary N) is 1. The van der Waals surface area contributed by atoms with Crippen LogP contribution in [0.4, 0.5) is 10.1 Å². The molecule has 1 aromatic carbocycles. The second-order valence-electron chi connectivity index (χ2n) is 3.44. The first kappa shape index (κ1) is 16.5. The Balaban J connectivity index is 3.17. The van der Waals surface area contributed by atoms with E-state index in [1.165, 1.54) is 6.07 Å². The second kappa shape index (κ2) is 7.25. The summed E-state index contributed by atoms with van der Waals surface area (Å²) in [7, 11) is 2.27. The smallest absolute Gasteiger partial charge is 0.354 e. The first-order valence-corrected chi connectivity index (χ1v) is 6.35. The highest BCUT2D eigenvalue weighted by atomic mass is 79.9. The zero-order chi connectivity index (χ0) is 15.3. The number of carbonyl (C=O) groups is 2. The molecule has 0 aliphatic carbocycles. The predicted molar refractivity (Wildman–Crippen MR) is 74.8 cm³/mol. The Kier molecular flexibility index (Phi) is 5.97. The Bertz CT molecular complexity index is 554. The van der Waals surface area contributed by atoms with Gasteiger partial charge in [0.15, 0.2) is 0 Å². The Morgan fingerprint density at radius 1 is 1.35 bits per heavy atom. The zero-order valence-corrected chi connectivity index (χ0v) is 12.8. The van der Waals surface area contributed by atoms with E-state index < -0.39 is 17.8 Å². The molecule has 0 saturated heterocycles. The normalized spacial score (nSPS) is 10.9. The van der Waals surface area contributed by atoms with Gasteiger partial charge in [-0.2, -0.15) is 0 Å². The first-order valence-electron chi connectivity index (χ1n) is 5.18. The topological polar surface area (TPSA) is 64.6 Å². The van der Waals surface area contributed by atoms with Crippen molar-refractivity contribution in [2.45, 2.75) is 0 Å². The minimum absolute atomic E-state index is 0.0602. The molecule has 0 aliphatic heterocycles. The molecule has 1 rings (SSSR count). The highest BCUT2D eigenvalue weighted by Crippen LogP contribution is 2.30. The van der Waals surface area contributed by atoms with E-state index in [1.54, 1.807) is 0 Å². The average molecular weight is 367 g/mol. The van der Waals surface area contributed by atoms with Gasteiger partial charge in [0.25, 0.3) is 0 Å². The molecular weight excluding hydrogens is 356 g/mol. The number of halogens is 3. The van der Waals surface area contributed by atoms with Gasteiger partial charge in [0.1, 0.15) is 11.5 Å². The Morgan fingerprint density at radius 3 is 2.50 bits per heavy atom. The van der Waals surface area contributed by atoms with Crippen molar-refractivity contribution in [2.75, 3.05) is 19.5 Å². The Labute approximate surface area is 127 Å². The Morgan fingerprint density at radius 2 is 2.00 bits per heavy atom. The van der Waals surface area contributed by atoms with Crippen LogP contribution in [0.3, 0.4) is 0 Å². The van der Waals surface area contributed by atoms with Gasteiger partial charge in [-0.25, -0.2) is 14.0 Å². The third-order valence-corrected chi connectivity index (χ3v) is 2.98. The summed E-state index contributed by atoms with van der Waals surface area (Å²) in [5.41, 5.74) is -0.337. The van der Waals surface area contributed by atoms with E-state index in [0.717, 1.165) is 26.4 Å². The number of benzene rings is 1. The molecule has 8 heteroatoms. The fraction of sp³-hybridized carbons (Fsp3) is 0.167. The molecule has 0 aromatic heterocycles. The minimum Gasteiger partial charge on any atom is -0.466 e. The van der Waals surface area contributed by atoms with Crippen LogP contribution in [0.25, 0.3) is 0 Å². The van der Waals surface area contributed by atoms with Crippen LogP contribution in [0.15, 0.2) is 28.4 Å². The van der Waals surface area contributed by atoms with Gasteiger partial charge in [-0.1, -0.05) is 11.6 Å². The fourth-order valence-electron chi connectivity index (χ4n) is 1.23. The number of esters is 2. The maximum atomic E-state index is 13.8. The van der Waals surface area contributed by atoms with Gasteiger partial charge >= 0.3 is 11.9 Å². The van der Waals surface area contributed by atoms with Crippen molar-refractivity contribution < 1.29 is 23.5 Å². The van der Waals surface area contributed by atoms with E-state index in [4.69, 9.17) is 11.6 Å². The van der Waals surface area contributed by atoms with Crippen LogP contribution in [-0.4, -0.2) is 26.2 Å². The van der Waals surface area contributed by atoms with Crippen LogP contribution in [-0.2, 0) is 19.1 Å². The van der Waals surface area contributed by atoms with Crippen LogP contribution in [0.1, 0.15) is 0 Å². The summed E-state index contributed by atoms with van der Waals surface area (Å²) in [6.45, 7) is 0. The van der Waals surface area contributed by atoms with Gasteiger partial charge in [0, 0.05) is 9.50 Å². The molecule has 0 heterocycles. The van der Waals surface area contributed by atoms with E-state index in [-0.39, 0.29) is 20.9 Å². The summed E-state index contributed by atoms with van der Waals surface area (Å²) in [6.07, 6.45) is 0.853. The van der Waals surface area contributed by atoms with Gasteiger partial charge in [0.2, 0.25) is 0 Å². The molecular formula is C12H10BrClFNO4. The molecule has 0 amide bonds. The summed E-state index contributed by atoms with van der Waals surface area (Å²) in [5, 5.41) is 2.64. The molecule has 0 aliphatic rings. The van der Waals surface area contributed by atoms with Crippen molar-refractivity contribution in [2.24, 2.45) is 0 Å². The standard InChI is InChI=1S/C12H10BrClFNO4/c1-19-10(17)5-9(12(18)20-2)16-11-7(13)3-6(14)4-8(11)15/h3-5,16H,1-2H3/b9-5+. The monoisotopic (exact) mass is 365 g/mol. The average Bonchev–Trinajstić information content (AvgIpc) is 2.40. The number of ether oxygens (including phenoxy) is 2. The van der Waals surface area contributed by atoms with Crippen molar-refractivity contribution >= 4 is 45.2 Å². The van der Waals surface area contributed by atoms with Crippen LogP contribution < -0.4 is 5.32 Å². The van der Waals surface area contributed by atoms with E-state index in [0.29, 0.717) is 0 Å². The van der Waals surface area contributed by atoms with Gasteiger partial charge < -0.3 is 14.8 Å². The summed E-state index contributed by atoms with van der Waals surface area (Å²) in [6, 6.07) is 2.49. The predicted octanol–water partition coefficient (Wildman–Crippen LogP) is 2.88. The lowest BCUT2D eigenvalue weighted by Crippen LogP contribution is -2.16. The number of rotatable bonds is 4. The van der Waals surface area contributed by atoms with Gasteiger partial charge in [-0.05, 0) is 28.1 Å². The van der Waals surface area contributed by atoms with Crippen molar-refractivity contribution in [3.8, 4) is 0 Å². The molecule has 0 radical (unpaired) electrons. The third kappa shape index (κ3) is 4.21. The molecule has 5 nitrogen and oxygen atoms in total. The SMILES string of the molecule is COC(=O)/C=C(/Nc1c(F)cc(Cl)cc1Br)C(=O)OC. The van der Waals surface area contributed by atoms with Crippen molar-refractivity contribution in [3.05, 3.63) is 39.2 Å². The third-order valence-electron chi connectivity index (χ3n) is 2.14. The molecule has 1 aromatic rings. The van der Waals surface area contributed by atoms with Gasteiger partial charge in [-0.15, -0.1) is 0 Å². The van der Waals surface area contributed by atoms with Crippen molar-refractivity contribution in [3.63, 3.8) is 0 Å². The molecule has 0 unspecified atom stereocenters. The highest BCUT2D eigenvalue weighted by Gasteiger charge is 2.17. The molecule has 0 bridgehead atoms. The molecule has 0 fully saturated rings. The van der Waals surface area contributed by atoms with Crippen LogP contribution in [0.5, 0.6) is 0 Å².